The van der Waals surface area contributed by atoms with Gasteiger partial charge in [0.1, 0.15) is 17.3 Å². The molecule has 1 aliphatic heterocycles. The molecule has 0 unspecified atom stereocenters. The Morgan fingerprint density at radius 2 is 1.79 bits per heavy atom. The monoisotopic (exact) mass is 376 g/mol. The van der Waals surface area contributed by atoms with Gasteiger partial charge in [0, 0.05) is 24.7 Å². The van der Waals surface area contributed by atoms with Crippen LogP contribution < -0.4 is 10.2 Å². The third kappa shape index (κ3) is 4.39. The van der Waals surface area contributed by atoms with Crippen molar-refractivity contribution in [3.63, 3.8) is 0 Å². The first kappa shape index (κ1) is 18.2. The number of hydrogen-bond acceptors (Lipinski definition) is 5. The van der Waals surface area contributed by atoms with Crippen molar-refractivity contribution < 1.29 is 9.21 Å². The van der Waals surface area contributed by atoms with Gasteiger partial charge in [-0.3, -0.25) is 4.79 Å². The number of benzene rings is 1. The second kappa shape index (κ2) is 8.69. The Hall–Kier alpha value is -3.15. The molecule has 0 spiro atoms. The minimum Gasteiger partial charge on any atom is -0.467 e. The van der Waals surface area contributed by atoms with Crippen LogP contribution in [0.4, 0.5) is 5.82 Å². The summed E-state index contributed by atoms with van der Waals surface area (Å²) in [5.41, 5.74) is 1.28. The summed E-state index contributed by atoms with van der Waals surface area (Å²) in [6.07, 6.45) is 6.36. The van der Waals surface area contributed by atoms with Gasteiger partial charge in [-0.15, -0.1) is 0 Å². The first-order valence-corrected chi connectivity index (χ1v) is 9.79. The van der Waals surface area contributed by atoms with Gasteiger partial charge in [0.25, 0.3) is 5.91 Å². The van der Waals surface area contributed by atoms with E-state index in [1.807, 2.05) is 36.4 Å². The van der Waals surface area contributed by atoms with Gasteiger partial charge in [-0.2, -0.15) is 0 Å². The molecule has 1 saturated heterocycles. The third-order valence-corrected chi connectivity index (χ3v) is 4.91. The Labute approximate surface area is 164 Å². The van der Waals surface area contributed by atoms with Gasteiger partial charge in [-0.05, 0) is 25.0 Å². The number of anilines is 1. The Balaban J connectivity index is 1.63. The van der Waals surface area contributed by atoms with Crippen molar-refractivity contribution in [2.24, 2.45) is 0 Å². The maximum atomic E-state index is 12.8. The molecule has 0 aliphatic carbocycles. The lowest BCUT2D eigenvalue weighted by Crippen LogP contribution is -2.28. The van der Waals surface area contributed by atoms with Gasteiger partial charge in [0.15, 0.2) is 5.82 Å². The summed E-state index contributed by atoms with van der Waals surface area (Å²) < 4.78 is 5.29. The summed E-state index contributed by atoms with van der Waals surface area (Å²) in [4.78, 5) is 24.4. The molecule has 1 fully saturated rings. The van der Waals surface area contributed by atoms with E-state index in [9.17, 15) is 4.79 Å². The van der Waals surface area contributed by atoms with Gasteiger partial charge >= 0.3 is 0 Å². The number of nitrogens with zero attached hydrogens (tertiary/aromatic N) is 3. The number of amides is 1. The molecule has 0 radical (unpaired) electrons. The van der Waals surface area contributed by atoms with E-state index in [1.165, 1.54) is 12.8 Å². The van der Waals surface area contributed by atoms with Crippen LogP contribution in [0.15, 0.2) is 59.2 Å². The fourth-order valence-corrected chi connectivity index (χ4v) is 3.40. The number of rotatable bonds is 5. The summed E-state index contributed by atoms with van der Waals surface area (Å²) in [5, 5.41) is 2.88. The van der Waals surface area contributed by atoms with E-state index in [4.69, 9.17) is 9.40 Å². The summed E-state index contributed by atoms with van der Waals surface area (Å²) in [6, 6.07) is 15.2. The number of carbonyl (C=O) groups excluding carboxylic acids is 1. The summed E-state index contributed by atoms with van der Waals surface area (Å²) in [6.45, 7) is 2.24. The summed E-state index contributed by atoms with van der Waals surface area (Å²) in [5.74, 6) is 1.87. The molecular formula is C22H24N4O2. The van der Waals surface area contributed by atoms with Crippen LogP contribution in [0.2, 0.25) is 0 Å². The maximum absolute atomic E-state index is 12.8. The van der Waals surface area contributed by atoms with Gasteiger partial charge < -0.3 is 14.6 Å². The molecule has 0 bridgehead atoms. The van der Waals surface area contributed by atoms with Crippen LogP contribution in [0.3, 0.4) is 0 Å². The Bertz CT molecular complexity index is 902. The molecule has 1 N–H and O–H groups in total. The van der Waals surface area contributed by atoms with Crippen molar-refractivity contribution in [2.75, 3.05) is 18.0 Å². The van der Waals surface area contributed by atoms with Crippen molar-refractivity contribution in [2.45, 2.75) is 32.2 Å². The molecule has 6 heteroatoms. The number of hydrogen-bond donors (Lipinski definition) is 1. The fourth-order valence-electron chi connectivity index (χ4n) is 3.40. The lowest BCUT2D eigenvalue weighted by atomic mass is 10.2. The number of nitrogens with one attached hydrogen (secondary N) is 1. The molecule has 0 saturated carbocycles. The molecular weight excluding hydrogens is 352 g/mol. The Morgan fingerprint density at radius 1 is 1.00 bits per heavy atom. The summed E-state index contributed by atoms with van der Waals surface area (Å²) in [7, 11) is 0. The van der Waals surface area contributed by atoms with E-state index in [2.05, 4.69) is 15.2 Å². The summed E-state index contributed by atoms with van der Waals surface area (Å²) >= 11 is 0. The lowest BCUT2D eigenvalue weighted by molar-refractivity contribution is 0.0943. The molecule has 6 nitrogen and oxygen atoms in total. The van der Waals surface area contributed by atoms with Crippen LogP contribution in [-0.4, -0.2) is 29.0 Å². The van der Waals surface area contributed by atoms with Crippen molar-refractivity contribution in [3.8, 4) is 11.4 Å². The largest absolute Gasteiger partial charge is 0.467 e. The van der Waals surface area contributed by atoms with Crippen LogP contribution in [0.5, 0.6) is 0 Å². The van der Waals surface area contributed by atoms with E-state index < -0.39 is 0 Å². The first-order chi connectivity index (χ1) is 13.8. The molecule has 4 rings (SSSR count). The van der Waals surface area contributed by atoms with Gasteiger partial charge in [-0.1, -0.05) is 43.2 Å². The molecule has 0 atom stereocenters. The molecule has 28 heavy (non-hydrogen) atoms. The highest BCUT2D eigenvalue weighted by Crippen LogP contribution is 2.23. The second-order valence-electron chi connectivity index (χ2n) is 6.96. The van der Waals surface area contributed by atoms with Gasteiger partial charge in [0.2, 0.25) is 0 Å². The molecule has 144 valence electrons. The van der Waals surface area contributed by atoms with Crippen LogP contribution in [-0.2, 0) is 6.54 Å². The predicted octanol–water partition coefficient (Wildman–Crippen LogP) is 4.05. The van der Waals surface area contributed by atoms with E-state index in [0.717, 1.165) is 37.3 Å². The quantitative estimate of drug-likeness (QED) is 0.727. The van der Waals surface area contributed by atoms with Crippen LogP contribution >= 0.6 is 0 Å². The van der Waals surface area contributed by atoms with Crippen LogP contribution in [0, 0.1) is 0 Å². The lowest BCUT2D eigenvalue weighted by Gasteiger charge is -2.22. The molecule has 3 heterocycles. The first-order valence-electron chi connectivity index (χ1n) is 9.79. The third-order valence-electron chi connectivity index (χ3n) is 4.91. The maximum Gasteiger partial charge on any atom is 0.270 e. The van der Waals surface area contributed by atoms with E-state index >= 15 is 0 Å². The highest BCUT2D eigenvalue weighted by Gasteiger charge is 2.18. The molecule has 1 aromatic carbocycles. The van der Waals surface area contributed by atoms with Crippen molar-refractivity contribution in [1.82, 2.24) is 15.3 Å². The highest BCUT2D eigenvalue weighted by atomic mass is 16.3. The zero-order valence-electron chi connectivity index (χ0n) is 15.8. The molecule has 1 aliphatic rings. The minimum atomic E-state index is -0.230. The second-order valence-corrected chi connectivity index (χ2v) is 6.96. The average Bonchev–Trinajstić information content (AvgIpc) is 3.12. The number of aromatic nitrogens is 2. The smallest absolute Gasteiger partial charge is 0.270 e. The predicted molar refractivity (Wildman–Crippen MR) is 108 cm³/mol. The topological polar surface area (TPSA) is 71.3 Å². The standard InChI is InChI=1S/C22H24N4O2/c27-22(23-16-18-11-8-14-28-18)19-15-20(26-12-6-1-2-7-13-26)25-21(24-19)17-9-4-3-5-10-17/h3-5,8-11,14-15H,1-2,6-7,12-13,16H2,(H,23,27). The van der Waals surface area contributed by atoms with E-state index in [-0.39, 0.29) is 5.91 Å². The number of furan rings is 1. The van der Waals surface area contributed by atoms with E-state index in [0.29, 0.717) is 23.8 Å². The molecule has 2 aromatic heterocycles. The van der Waals surface area contributed by atoms with Crippen molar-refractivity contribution >= 4 is 11.7 Å². The fraction of sp³-hybridized carbons (Fsp3) is 0.318. The van der Waals surface area contributed by atoms with Gasteiger partial charge in [-0.25, -0.2) is 9.97 Å². The van der Waals surface area contributed by atoms with E-state index in [1.54, 1.807) is 18.4 Å². The molecule has 3 aromatic rings. The SMILES string of the molecule is O=C(NCc1ccco1)c1cc(N2CCCCCC2)nc(-c2ccccc2)n1. The average molecular weight is 376 g/mol. The number of carbonyl (C=O) groups is 1. The molecule has 1 amide bonds. The minimum absolute atomic E-state index is 0.230. The zero-order valence-corrected chi connectivity index (χ0v) is 15.8. The van der Waals surface area contributed by atoms with Crippen molar-refractivity contribution in [1.29, 1.82) is 0 Å². The van der Waals surface area contributed by atoms with Gasteiger partial charge in [0.05, 0.1) is 12.8 Å². The van der Waals surface area contributed by atoms with Crippen molar-refractivity contribution in [3.05, 3.63) is 66.2 Å². The Morgan fingerprint density at radius 3 is 2.50 bits per heavy atom. The van der Waals surface area contributed by atoms with Crippen LogP contribution in [0.25, 0.3) is 11.4 Å². The van der Waals surface area contributed by atoms with Crippen LogP contribution in [0.1, 0.15) is 41.9 Å². The highest BCUT2D eigenvalue weighted by molar-refractivity contribution is 5.93. The zero-order chi connectivity index (χ0) is 19.2. The normalized spacial score (nSPS) is 14.5. The Kier molecular flexibility index (Phi) is 5.66.